The summed E-state index contributed by atoms with van der Waals surface area (Å²) in [5, 5.41) is 0.351. The van der Waals surface area contributed by atoms with Crippen molar-refractivity contribution in [3.05, 3.63) is 46.9 Å². The Morgan fingerprint density at radius 1 is 1.33 bits per heavy atom. The lowest BCUT2D eigenvalue weighted by atomic mass is 9.94. The number of amides is 1. The summed E-state index contributed by atoms with van der Waals surface area (Å²) in [6.45, 7) is 7.88. The predicted molar refractivity (Wildman–Crippen MR) is 104 cm³/mol. The third-order valence-corrected chi connectivity index (χ3v) is 5.79. The maximum absolute atomic E-state index is 13.4. The molecule has 1 fully saturated rings. The summed E-state index contributed by atoms with van der Waals surface area (Å²) >= 11 is 1.41. The van der Waals surface area contributed by atoms with Crippen molar-refractivity contribution >= 4 is 28.8 Å². The molecule has 0 bridgehead atoms. The maximum Gasteiger partial charge on any atom is 0.338 e. The predicted octanol–water partition coefficient (Wildman–Crippen LogP) is 4.06. The Bertz CT molecular complexity index is 817. The van der Waals surface area contributed by atoms with E-state index in [2.05, 4.69) is 4.99 Å². The number of benzene rings is 1. The van der Waals surface area contributed by atoms with E-state index in [0.29, 0.717) is 28.4 Å². The van der Waals surface area contributed by atoms with Gasteiger partial charge in [-0.15, -0.1) is 0 Å². The molecule has 27 heavy (non-hydrogen) atoms. The Morgan fingerprint density at radius 2 is 2.00 bits per heavy atom. The molecule has 5 nitrogen and oxygen atoms in total. The molecule has 1 saturated heterocycles. The highest BCUT2D eigenvalue weighted by atomic mass is 32.2. The largest absolute Gasteiger partial charge is 0.462 e. The number of nitrogens with zero attached hydrogens (tertiary/aromatic N) is 2. The van der Waals surface area contributed by atoms with Gasteiger partial charge in [-0.05, 0) is 37.0 Å². The van der Waals surface area contributed by atoms with Crippen LogP contribution in [-0.4, -0.2) is 33.8 Å². The van der Waals surface area contributed by atoms with Crippen molar-refractivity contribution in [3.8, 4) is 0 Å². The van der Waals surface area contributed by atoms with Crippen LogP contribution in [0.1, 0.15) is 45.7 Å². The van der Waals surface area contributed by atoms with Gasteiger partial charge in [-0.1, -0.05) is 44.7 Å². The van der Waals surface area contributed by atoms with Crippen molar-refractivity contribution in [2.75, 3.05) is 6.61 Å². The van der Waals surface area contributed by atoms with E-state index < -0.39 is 12.0 Å². The maximum atomic E-state index is 13.4. The van der Waals surface area contributed by atoms with Crippen molar-refractivity contribution < 1.29 is 18.7 Å². The Morgan fingerprint density at radius 3 is 2.59 bits per heavy atom. The minimum absolute atomic E-state index is 0.0859. The van der Waals surface area contributed by atoms with Gasteiger partial charge in [-0.3, -0.25) is 9.69 Å². The molecule has 144 valence electrons. The highest BCUT2D eigenvalue weighted by Gasteiger charge is 2.47. The number of carbonyl (C=O) groups is 2. The number of ether oxygens (including phenoxy) is 1. The van der Waals surface area contributed by atoms with Crippen molar-refractivity contribution in [3.63, 3.8) is 0 Å². The molecule has 1 aromatic carbocycles. The second-order valence-corrected chi connectivity index (χ2v) is 8.23. The number of carbonyl (C=O) groups excluding carboxylic acids is 2. The number of allylic oxidation sites excluding steroid dienone is 1. The summed E-state index contributed by atoms with van der Waals surface area (Å²) in [6, 6.07) is 5.21. The number of thioether (sulfide) groups is 1. The number of hydrogen-bond donors (Lipinski definition) is 0. The Hall–Kier alpha value is -2.15. The Kier molecular flexibility index (Phi) is 5.69. The summed E-state index contributed by atoms with van der Waals surface area (Å²) in [4.78, 5) is 31.8. The van der Waals surface area contributed by atoms with E-state index >= 15 is 0 Å². The van der Waals surface area contributed by atoms with Crippen molar-refractivity contribution in [2.24, 2.45) is 10.9 Å². The van der Waals surface area contributed by atoms with Crippen LogP contribution in [0.4, 0.5) is 4.39 Å². The lowest BCUT2D eigenvalue weighted by Gasteiger charge is -2.33. The van der Waals surface area contributed by atoms with Gasteiger partial charge < -0.3 is 4.74 Å². The molecule has 0 radical (unpaired) electrons. The van der Waals surface area contributed by atoms with E-state index in [-0.39, 0.29) is 29.5 Å². The minimum atomic E-state index is -0.658. The van der Waals surface area contributed by atoms with Crippen LogP contribution in [0.15, 0.2) is 40.5 Å². The molecule has 2 heterocycles. The van der Waals surface area contributed by atoms with Crippen molar-refractivity contribution in [1.29, 1.82) is 0 Å². The zero-order chi connectivity index (χ0) is 19.7. The molecule has 0 saturated carbocycles. The molecular weight excluding hydrogens is 367 g/mol. The van der Waals surface area contributed by atoms with Gasteiger partial charge in [0, 0.05) is 0 Å². The molecule has 0 aliphatic carbocycles. The van der Waals surface area contributed by atoms with Gasteiger partial charge >= 0.3 is 5.97 Å². The average molecular weight is 390 g/mol. The van der Waals surface area contributed by atoms with E-state index in [0.717, 1.165) is 0 Å². The monoisotopic (exact) mass is 390 g/mol. The fraction of sp³-hybridized carbons (Fsp3) is 0.450. The number of fused-ring (bicyclic) bond motifs is 1. The quantitative estimate of drug-likeness (QED) is 0.712. The lowest BCUT2D eigenvalue weighted by molar-refractivity contribution is -0.141. The number of halogens is 1. The Balaban J connectivity index is 2.06. The summed E-state index contributed by atoms with van der Waals surface area (Å²) in [7, 11) is 0. The average Bonchev–Trinajstić information content (AvgIpc) is 2.94. The van der Waals surface area contributed by atoms with E-state index in [1.165, 1.54) is 23.9 Å². The molecule has 0 spiro atoms. The van der Waals surface area contributed by atoms with Crippen LogP contribution in [0.3, 0.4) is 0 Å². The first-order valence-corrected chi connectivity index (χ1v) is 9.93. The number of amidine groups is 1. The van der Waals surface area contributed by atoms with Crippen LogP contribution >= 0.6 is 11.8 Å². The first-order valence-electron chi connectivity index (χ1n) is 9.05. The smallest absolute Gasteiger partial charge is 0.338 e. The number of aliphatic imine (C=N–C) groups is 1. The van der Waals surface area contributed by atoms with Crippen molar-refractivity contribution in [1.82, 2.24) is 4.90 Å². The highest BCUT2D eigenvalue weighted by Crippen LogP contribution is 2.44. The second-order valence-electron chi connectivity index (χ2n) is 7.06. The lowest BCUT2D eigenvalue weighted by Crippen LogP contribution is -2.41. The molecule has 0 unspecified atom stereocenters. The van der Waals surface area contributed by atoms with E-state index in [1.807, 2.05) is 20.8 Å². The molecular formula is C20H23FN2O3S. The van der Waals surface area contributed by atoms with Gasteiger partial charge in [0.25, 0.3) is 0 Å². The standard InChI is InChI=1S/C20H23FN2O3S/c1-5-15-18(24)23-17(13-6-8-14(21)9-7-13)16(12(4)22-20(23)27-15)19(25)26-10-11(2)3/h6-9,11,15,17H,5,10H2,1-4H3/t15-,17-/m0/s1. The summed E-state index contributed by atoms with van der Waals surface area (Å²) in [5.41, 5.74) is 1.52. The molecule has 0 N–H and O–H groups in total. The summed E-state index contributed by atoms with van der Waals surface area (Å²) in [6.07, 6.45) is 0.668. The molecule has 2 aliphatic rings. The third kappa shape index (κ3) is 3.78. The van der Waals surface area contributed by atoms with Gasteiger partial charge in [0.2, 0.25) is 5.91 Å². The van der Waals surface area contributed by atoms with Crippen LogP contribution in [0, 0.1) is 11.7 Å². The third-order valence-electron chi connectivity index (χ3n) is 4.48. The van der Waals surface area contributed by atoms with Crippen molar-refractivity contribution in [2.45, 2.75) is 45.4 Å². The SMILES string of the molecule is CC[C@@H]1SC2=NC(C)=C(C(=O)OCC(C)C)[C@H](c3ccc(F)cc3)N2C1=O. The van der Waals surface area contributed by atoms with Gasteiger partial charge in [-0.2, -0.15) is 0 Å². The van der Waals surface area contributed by atoms with Crippen LogP contribution < -0.4 is 0 Å². The first-order chi connectivity index (χ1) is 12.8. The van der Waals surface area contributed by atoms with Gasteiger partial charge in [0.15, 0.2) is 5.17 Å². The topological polar surface area (TPSA) is 59.0 Å². The van der Waals surface area contributed by atoms with E-state index in [9.17, 15) is 14.0 Å². The molecule has 1 amide bonds. The molecule has 0 aromatic heterocycles. The second kappa shape index (κ2) is 7.84. The zero-order valence-corrected chi connectivity index (χ0v) is 16.7. The van der Waals surface area contributed by atoms with Gasteiger partial charge in [-0.25, -0.2) is 14.2 Å². The normalized spacial score (nSPS) is 22.2. The molecule has 2 atom stereocenters. The van der Waals surface area contributed by atoms with Gasteiger partial charge in [0.05, 0.1) is 29.2 Å². The minimum Gasteiger partial charge on any atom is -0.462 e. The summed E-state index contributed by atoms with van der Waals surface area (Å²) < 4.78 is 18.9. The summed E-state index contributed by atoms with van der Waals surface area (Å²) in [5.74, 6) is -0.759. The fourth-order valence-corrected chi connectivity index (χ4v) is 4.26. The number of hydrogen-bond acceptors (Lipinski definition) is 5. The molecule has 3 rings (SSSR count). The number of rotatable bonds is 5. The van der Waals surface area contributed by atoms with E-state index in [4.69, 9.17) is 4.74 Å². The fourth-order valence-electron chi connectivity index (χ4n) is 3.13. The molecule has 2 aliphatic heterocycles. The van der Waals surface area contributed by atoms with E-state index in [1.54, 1.807) is 24.0 Å². The van der Waals surface area contributed by atoms with Crippen LogP contribution in [0.2, 0.25) is 0 Å². The van der Waals surface area contributed by atoms with Crippen LogP contribution in [-0.2, 0) is 14.3 Å². The van der Waals surface area contributed by atoms with Crippen LogP contribution in [0.25, 0.3) is 0 Å². The molecule has 1 aromatic rings. The van der Waals surface area contributed by atoms with Crippen LogP contribution in [0.5, 0.6) is 0 Å². The first kappa shape index (κ1) is 19.6. The number of esters is 1. The van der Waals surface area contributed by atoms with Gasteiger partial charge in [0.1, 0.15) is 5.82 Å². The Labute approximate surface area is 162 Å². The zero-order valence-electron chi connectivity index (χ0n) is 15.9. The molecule has 7 heteroatoms. The highest BCUT2D eigenvalue weighted by molar-refractivity contribution is 8.15.